The van der Waals surface area contributed by atoms with E-state index in [2.05, 4.69) is 15.7 Å². The van der Waals surface area contributed by atoms with Crippen LogP contribution in [0.25, 0.3) is 5.69 Å². The van der Waals surface area contributed by atoms with E-state index in [0.29, 0.717) is 23.8 Å². The molecule has 1 aliphatic heterocycles. The number of rotatable bonds is 4. The van der Waals surface area contributed by atoms with Gasteiger partial charge in [-0.05, 0) is 63.2 Å². The number of halogens is 3. The van der Waals surface area contributed by atoms with Crippen LogP contribution in [0.15, 0.2) is 18.2 Å². The largest absolute Gasteiger partial charge is 0.350 e. The van der Waals surface area contributed by atoms with E-state index < -0.39 is 11.6 Å². The van der Waals surface area contributed by atoms with Gasteiger partial charge in [-0.2, -0.15) is 5.10 Å². The summed E-state index contributed by atoms with van der Waals surface area (Å²) in [6, 6.07) is 3.69. The molecule has 2 heterocycles. The Morgan fingerprint density at radius 1 is 1.26 bits per heavy atom. The Kier molecular flexibility index (Phi) is 6.11. The molecule has 5 nitrogen and oxygen atoms in total. The standard InChI is InChI=1S/C19H22F2N4O.ClH/c20-15-7-6-13(9-16(15)21)25-17-5-1-4-14(17)18(24-25)19(26)23-11-12-3-2-8-22-10-12;/h6-7,9,12,22H,1-5,8,10-11H2,(H,23,26);1H. The molecule has 0 spiro atoms. The molecule has 1 aromatic carbocycles. The zero-order valence-electron chi connectivity index (χ0n) is 14.9. The first-order chi connectivity index (χ1) is 12.6. The van der Waals surface area contributed by atoms with Gasteiger partial charge in [0.25, 0.3) is 5.91 Å². The van der Waals surface area contributed by atoms with Crippen molar-refractivity contribution in [2.24, 2.45) is 5.92 Å². The summed E-state index contributed by atoms with van der Waals surface area (Å²) in [5.74, 6) is -1.55. The lowest BCUT2D eigenvalue weighted by Gasteiger charge is -2.22. The first kappa shape index (κ1) is 19.8. The Labute approximate surface area is 162 Å². The maximum absolute atomic E-state index is 13.6. The fraction of sp³-hybridized carbons (Fsp3) is 0.474. The first-order valence-electron chi connectivity index (χ1n) is 9.18. The van der Waals surface area contributed by atoms with Gasteiger partial charge in [0.05, 0.1) is 5.69 Å². The third kappa shape index (κ3) is 3.99. The average molecular weight is 397 g/mol. The van der Waals surface area contributed by atoms with Crippen LogP contribution in [0.1, 0.15) is 41.0 Å². The molecule has 1 atom stereocenters. The Morgan fingerprint density at radius 3 is 2.85 bits per heavy atom. The Bertz CT molecular complexity index is 833. The van der Waals surface area contributed by atoms with Gasteiger partial charge in [-0.25, -0.2) is 13.5 Å². The number of piperidine rings is 1. The van der Waals surface area contributed by atoms with Crippen LogP contribution in [-0.2, 0) is 12.8 Å². The van der Waals surface area contributed by atoms with Gasteiger partial charge in [-0.3, -0.25) is 4.79 Å². The van der Waals surface area contributed by atoms with Crippen molar-refractivity contribution in [1.29, 1.82) is 0 Å². The lowest BCUT2D eigenvalue weighted by molar-refractivity contribution is 0.0938. The van der Waals surface area contributed by atoms with E-state index in [4.69, 9.17) is 0 Å². The Hall–Kier alpha value is -1.99. The van der Waals surface area contributed by atoms with E-state index in [9.17, 15) is 13.6 Å². The molecule has 1 fully saturated rings. The molecule has 0 bridgehead atoms. The molecule has 1 saturated heterocycles. The number of fused-ring (bicyclic) bond motifs is 1. The number of benzene rings is 1. The third-order valence-corrected chi connectivity index (χ3v) is 5.24. The summed E-state index contributed by atoms with van der Waals surface area (Å²) in [4.78, 5) is 12.7. The van der Waals surface area contributed by atoms with E-state index >= 15 is 0 Å². The highest BCUT2D eigenvalue weighted by Gasteiger charge is 2.27. The summed E-state index contributed by atoms with van der Waals surface area (Å²) in [6.45, 7) is 2.58. The van der Waals surface area contributed by atoms with Crippen LogP contribution in [-0.4, -0.2) is 35.3 Å². The zero-order chi connectivity index (χ0) is 18.1. The molecule has 1 unspecified atom stereocenters. The molecule has 1 amide bonds. The summed E-state index contributed by atoms with van der Waals surface area (Å²) in [6.07, 6.45) is 4.73. The van der Waals surface area contributed by atoms with Crippen LogP contribution in [0.4, 0.5) is 8.78 Å². The van der Waals surface area contributed by atoms with E-state index in [-0.39, 0.29) is 18.3 Å². The molecule has 2 aromatic rings. The van der Waals surface area contributed by atoms with E-state index in [1.54, 1.807) is 4.68 Å². The van der Waals surface area contributed by atoms with Gasteiger partial charge in [0.15, 0.2) is 17.3 Å². The van der Waals surface area contributed by atoms with Gasteiger partial charge in [0, 0.05) is 23.9 Å². The van der Waals surface area contributed by atoms with Crippen LogP contribution in [0.2, 0.25) is 0 Å². The normalized spacial score (nSPS) is 18.7. The molecule has 1 aromatic heterocycles. The third-order valence-electron chi connectivity index (χ3n) is 5.24. The highest BCUT2D eigenvalue weighted by molar-refractivity contribution is 5.94. The van der Waals surface area contributed by atoms with Gasteiger partial charge in [-0.15, -0.1) is 12.4 Å². The summed E-state index contributed by atoms with van der Waals surface area (Å²) < 4.78 is 28.4. The summed E-state index contributed by atoms with van der Waals surface area (Å²) in [7, 11) is 0. The number of aromatic nitrogens is 2. The smallest absolute Gasteiger partial charge is 0.272 e. The molecule has 2 N–H and O–H groups in total. The number of hydrogen-bond donors (Lipinski definition) is 2. The molecule has 0 radical (unpaired) electrons. The minimum Gasteiger partial charge on any atom is -0.350 e. The predicted octanol–water partition coefficient (Wildman–Crippen LogP) is 2.79. The maximum Gasteiger partial charge on any atom is 0.272 e. The van der Waals surface area contributed by atoms with Crippen molar-refractivity contribution in [1.82, 2.24) is 20.4 Å². The van der Waals surface area contributed by atoms with E-state index in [1.165, 1.54) is 6.07 Å². The molecular formula is C19H23ClF2N4O. The monoisotopic (exact) mass is 396 g/mol. The number of nitrogens with zero attached hydrogens (tertiary/aromatic N) is 2. The Balaban J connectivity index is 0.00000210. The zero-order valence-corrected chi connectivity index (χ0v) is 15.7. The average Bonchev–Trinajstić information content (AvgIpc) is 3.25. The van der Waals surface area contributed by atoms with Gasteiger partial charge in [-0.1, -0.05) is 0 Å². The van der Waals surface area contributed by atoms with Crippen molar-refractivity contribution in [2.45, 2.75) is 32.1 Å². The highest BCUT2D eigenvalue weighted by atomic mass is 35.5. The predicted molar refractivity (Wildman–Crippen MR) is 101 cm³/mol. The first-order valence-corrected chi connectivity index (χ1v) is 9.18. The second-order valence-corrected chi connectivity index (χ2v) is 7.06. The van der Waals surface area contributed by atoms with Crippen molar-refractivity contribution in [3.05, 3.63) is 46.8 Å². The SMILES string of the molecule is Cl.O=C(NCC1CCCNC1)c1nn(-c2ccc(F)c(F)c2)c2c1CCC2. The summed E-state index contributed by atoms with van der Waals surface area (Å²) in [5.41, 5.74) is 2.69. The van der Waals surface area contributed by atoms with Gasteiger partial charge in [0.1, 0.15) is 0 Å². The number of carbonyl (C=O) groups excluding carboxylic acids is 1. The maximum atomic E-state index is 13.6. The molecule has 1 aliphatic carbocycles. The molecule has 0 saturated carbocycles. The fourth-order valence-electron chi connectivity index (χ4n) is 3.87. The van der Waals surface area contributed by atoms with Crippen molar-refractivity contribution in [3.63, 3.8) is 0 Å². The molecule has 146 valence electrons. The van der Waals surface area contributed by atoms with Gasteiger partial charge in [0.2, 0.25) is 0 Å². The molecule has 8 heteroatoms. The summed E-state index contributed by atoms with van der Waals surface area (Å²) >= 11 is 0. The quantitative estimate of drug-likeness (QED) is 0.835. The molecule has 2 aliphatic rings. The second-order valence-electron chi connectivity index (χ2n) is 7.06. The molecule has 4 rings (SSSR count). The topological polar surface area (TPSA) is 59.0 Å². The number of amides is 1. The van der Waals surface area contributed by atoms with Crippen molar-refractivity contribution >= 4 is 18.3 Å². The van der Waals surface area contributed by atoms with Crippen LogP contribution in [0.5, 0.6) is 0 Å². The highest BCUT2D eigenvalue weighted by Crippen LogP contribution is 2.28. The molecular weight excluding hydrogens is 374 g/mol. The van der Waals surface area contributed by atoms with Crippen molar-refractivity contribution < 1.29 is 13.6 Å². The van der Waals surface area contributed by atoms with Crippen LogP contribution in [0, 0.1) is 17.6 Å². The summed E-state index contributed by atoms with van der Waals surface area (Å²) in [5, 5.41) is 10.8. The second kappa shape index (κ2) is 8.35. The fourth-order valence-corrected chi connectivity index (χ4v) is 3.87. The number of carbonyl (C=O) groups is 1. The minimum absolute atomic E-state index is 0. The number of hydrogen-bond acceptors (Lipinski definition) is 3. The van der Waals surface area contributed by atoms with E-state index in [0.717, 1.165) is 68.6 Å². The number of nitrogens with one attached hydrogen (secondary N) is 2. The van der Waals surface area contributed by atoms with Crippen LogP contribution >= 0.6 is 12.4 Å². The van der Waals surface area contributed by atoms with Crippen LogP contribution in [0.3, 0.4) is 0 Å². The van der Waals surface area contributed by atoms with Crippen molar-refractivity contribution in [2.75, 3.05) is 19.6 Å². The van der Waals surface area contributed by atoms with Crippen LogP contribution < -0.4 is 10.6 Å². The lowest BCUT2D eigenvalue weighted by Crippen LogP contribution is -2.38. The Morgan fingerprint density at radius 2 is 2.11 bits per heavy atom. The van der Waals surface area contributed by atoms with Gasteiger partial charge >= 0.3 is 0 Å². The minimum atomic E-state index is -0.916. The van der Waals surface area contributed by atoms with E-state index in [1.807, 2.05) is 0 Å². The van der Waals surface area contributed by atoms with Crippen molar-refractivity contribution in [3.8, 4) is 5.69 Å². The lowest BCUT2D eigenvalue weighted by atomic mass is 10.00. The van der Waals surface area contributed by atoms with Gasteiger partial charge < -0.3 is 10.6 Å². The molecule has 27 heavy (non-hydrogen) atoms.